The fraction of sp³-hybridized carbons (Fsp3) is 0.263. The van der Waals surface area contributed by atoms with Crippen molar-refractivity contribution < 1.29 is 14.1 Å². The van der Waals surface area contributed by atoms with Gasteiger partial charge in [0.15, 0.2) is 12.4 Å². The molecule has 7 heteroatoms. The lowest BCUT2D eigenvalue weighted by Crippen LogP contribution is -3.12. The number of fused-ring (bicyclic) bond motifs is 1. The van der Waals surface area contributed by atoms with Crippen molar-refractivity contribution >= 4 is 33.6 Å². The summed E-state index contributed by atoms with van der Waals surface area (Å²) in [4.78, 5) is 15.8. The van der Waals surface area contributed by atoms with Gasteiger partial charge in [-0.3, -0.25) is 9.69 Å². The number of hydrogen-bond donors (Lipinski definition) is 1. The number of rotatable bonds is 3. The molecule has 0 saturated carbocycles. The Kier molecular flexibility index (Phi) is 4.90. The standard InChI is InChI=1S/C19H16BrN3O2S/c20-14-4-1-3-13(7-14)16-8-18(24)23-11-22(10-15-5-2-6-25-15)12-26-19(23)17(16)9-21/h1-7,16H,8,10-12H2/p+1/t16-/m0/s1. The molecule has 1 fully saturated rings. The highest BCUT2D eigenvalue weighted by Gasteiger charge is 2.40. The summed E-state index contributed by atoms with van der Waals surface area (Å²) in [6.07, 6.45) is 2.00. The van der Waals surface area contributed by atoms with Crippen molar-refractivity contribution in [2.24, 2.45) is 0 Å². The lowest BCUT2D eigenvalue weighted by atomic mass is 9.86. The summed E-state index contributed by atoms with van der Waals surface area (Å²) in [5.74, 6) is 1.62. The minimum absolute atomic E-state index is 0.0770. The first kappa shape index (κ1) is 17.4. The zero-order valence-electron chi connectivity index (χ0n) is 13.9. The number of hydrogen-bond acceptors (Lipinski definition) is 4. The number of amides is 1. The summed E-state index contributed by atoms with van der Waals surface area (Å²) in [7, 11) is 0. The summed E-state index contributed by atoms with van der Waals surface area (Å²) in [6, 6.07) is 14.1. The van der Waals surface area contributed by atoms with Crippen LogP contribution in [0.15, 0.2) is 62.2 Å². The number of nitrogens with zero attached hydrogens (tertiary/aromatic N) is 2. The molecule has 1 aromatic carbocycles. The van der Waals surface area contributed by atoms with E-state index in [2.05, 4.69) is 22.0 Å². The smallest absolute Gasteiger partial charge is 0.232 e. The second-order valence-corrected chi connectivity index (χ2v) is 8.30. The van der Waals surface area contributed by atoms with E-state index in [0.717, 1.165) is 33.2 Å². The Labute approximate surface area is 164 Å². The van der Waals surface area contributed by atoms with E-state index in [9.17, 15) is 10.1 Å². The molecule has 0 spiro atoms. The first-order valence-electron chi connectivity index (χ1n) is 8.34. The van der Waals surface area contributed by atoms with Crippen molar-refractivity contribution in [3.63, 3.8) is 0 Å². The molecule has 1 saturated heterocycles. The lowest BCUT2D eigenvalue weighted by molar-refractivity contribution is -0.911. The number of halogens is 1. The van der Waals surface area contributed by atoms with Crippen LogP contribution in [-0.2, 0) is 11.3 Å². The molecule has 0 radical (unpaired) electrons. The van der Waals surface area contributed by atoms with Crippen LogP contribution >= 0.6 is 27.7 Å². The second kappa shape index (κ2) is 7.31. The van der Waals surface area contributed by atoms with Gasteiger partial charge in [0.25, 0.3) is 0 Å². The number of allylic oxidation sites excluding steroid dienone is 1. The minimum Gasteiger partial charge on any atom is -0.463 e. The SMILES string of the molecule is N#CC1=C2SC[NH+](Cc3ccco3)CN2C(=O)C[C@H]1c1cccc(Br)c1. The van der Waals surface area contributed by atoms with E-state index in [1.807, 2.05) is 36.4 Å². The maximum absolute atomic E-state index is 12.8. The number of quaternary nitrogens is 1. The van der Waals surface area contributed by atoms with Crippen LogP contribution in [0, 0.1) is 11.3 Å². The summed E-state index contributed by atoms with van der Waals surface area (Å²) in [5, 5.41) is 10.6. The Morgan fingerprint density at radius 3 is 3.00 bits per heavy atom. The predicted octanol–water partition coefficient (Wildman–Crippen LogP) is 2.84. The van der Waals surface area contributed by atoms with Gasteiger partial charge in [0.2, 0.25) is 5.91 Å². The van der Waals surface area contributed by atoms with Crippen LogP contribution < -0.4 is 4.90 Å². The molecule has 2 aliphatic rings. The molecule has 2 aliphatic heterocycles. The van der Waals surface area contributed by atoms with Gasteiger partial charge >= 0.3 is 0 Å². The van der Waals surface area contributed by atoms with Crippen molar-refractivity contribution in [1.82, 2.24) is 4.90 Å². The van der Waals surface area contributed by atoms with Crippen LogP contribution in [0.25, 0.3) is 0 Å². The molecule has 2 atom stereocenters. The molecular weight excluding hydrogens is 414 g/mol. The average molecular weight is 431 g/mol. The van der Waals surface area contributed by atoms with Gasteiger partial charge < -0.3 is 9.32 Å². The molecule has 2 aromatic rings. The first-order valence-corrected chi connectivity index (χ1v) is 10.1. The van der Waals surface area contributed by atoms with Crippen LogP contribution in [-0.4, -0.2) is 23.4 Å². The molecule has 0 bridgehead atoms. The molecule has 1 unspecified atom stereocenters. The molecule has 1 N–H and O–H groups in total. The quantitative estimate of drug-likeness (QED) is 0.812. The van der Waals surface area contributed by atoms with Gasteiger partial charge in [-0.2, -0.15) is 5.26 Å². The Morgan fingerprint density at radius 2 is 2.27 bits per heavy atom. The highest BCUT2D eigenvalue weighted by atomic mass is 79.9. The topological polar surface area (TPSA) is 61.7 Å². The first-order chi connectivity index (χ1) is 12.7. The van der Waals surface area contributed by atoms with E-state index in [0.29, 0.717) is 18.7 Å². The van der Waals surface area contributed by atoms with Crippen molar-refractivity contribution in [1.29, 1.82) is 5.26 Å². The summed E-state index contributed by atoms with van der Waals surface area (Å²) >= 11 is 5.07. The Hall–Kier alpha value is -2.01. The third-order valence-corrected chi connectivity index (χ3v) is 6.43. The van der Waals surface area contributed by atoms with Crippen LogP contribution in [0.3, 0.4) is 0 Å². The van der Waals surface area contributed by atoms with Crippen molar-refractivity contribution in [2.45, 2.75) is 18.9 Å². The highest BCUT2D eigenvalue weighted by molar-refractivity contribution is 9.10. The molecule has 132 valence electrons. The number of nitrogens with one attached hydrogen (secondary N) is 1. The lowest BCUT2D eigenvalue weighted by Gasteiger charge is -2.38. The summed E-state index contributed by atoms with van der Waals surface area (Å²) < 4.78 is 6.38. The second-order valence-electron chi connectivity index (χ2n) is 6.42. The van der Waals surface area contributed by atoms with Gasteiger partial charge in [0.1, 0.15) is 17.5 Å². The van der Waals surface area contributed by atoms with Crippen LogP contribution in [0.5, 0.6) is 0 Å². The Balaban J connectivity index is 1.62. The zero-order valence-corrected chi connectivity index (χ0v) is 16.3. The van der Waals surface area contributed by atoms with Crippen molar-refractivity contribution in [2.75, 3.05) is 12.5 Å². The van der Waals surface area contributed by atoms with Gasteiger partial charge in [-0.15, -0.1) is 0 Å². The van der Waals surface area contributed by atoms with E-state index >= 15 is 0 Å². The molecule has 1 amide bonds. The fourth-order valence-electron chi connectivity index (χ4n) is 3.45. The van der Waals surface area contributed by atoms with Gasteiger partial charge in [0, 0.05) is 16.8 Å². The van der Waals surface area contributed by atoms with Crippen LogP contribution in [0.1, 0.15) is 23.7 Å². The maximum atomic E-state index is 12.8. The van der Waals surface area contributed by atoms with Gasteiger partial charge in [0.05, 0.1) is 17.9 Å². The van der Waals surface area contributed by atoms with Crippen LogP contribution in [0.2, 0.25) is 0 Å². The predicted molar refractivity (Wildman–Crippen MR) is 102 cm³/mol. The highest BCUT2D eigenvalue weighted by Crippen LogP contribution is 2.40. The van der Waals surface area contributed by atoms with Crippen molar-refractivity contribution in [3.8, 4) is 6.07 Å². The average Bonchev–Trinajstić information content (AvgIpc) is 3.15. The van der Waals surface area contributed by atoms with Gasteiger partial charge in [-0.05, 0) is 41.6 Å². The largest absolute Gasteiger partial charge is 0.463 e. The molecule has 26 heavy (non-hydrogen) atoms. The Bertz CT molecular complexity index is 904. The van der Waals surface area contributed by atoms with Gasteiger partial charge in [-0.1, -0.05) is 28.1 Å². The molecule has 0 aliphatic carbocycles. The van der Waals surface area contributed by atoms with E-state index in [1.54, 1.807) is 22.9 Å². The number of thioether (sulfide) groups is 1. The van der Waals surface area contributed by atoms with E-state index in [1.165, 1.54) is 4.90 Å². The minimum atomic E-state index is -0.171. The number of furan rings is 1. The van der Waals surface area contributed by atoms with Gasteiger partial charge in [-0.25, -0.2) is 0 Å². The van der Waals surface area contributed by atoms with E-state index in [4.69, 9.17) is 4.42 Å². The molecule has 1 aromatic heterocycles. The summed E-state index contributed by atoms with van der Waals surface area (Å²) in [5.41, 5.74) is 1.70. The number of nitriles is 1. The van der Waals surface area contributed by atoms with Crippen molar-refractivity contribution in [3.05, 3.63) is 69.1 Å². The molecular formula is C19H17BrN3O2S+. The summed E-state index contributed by atoms with van der Waals surface area (Å²) in [6.45, 7) is 1.30. The molecule has 3 heterocycles. The monoisotopic (exact) mass is 430 g/mol. The number of carbonyl (C=O) groups excluding carboxylic acids is 1. The third-order valence-electron chi connectivity index (χ3n) is 4.67. The fourth-order valence-corrected chi connectivity index (χ4v) is 5.07. The molecule has 5 nitrogen and oxygen atoms in total. The third kappa shape index (κ3) is 3.32. The van der Waals surface area contributed by atoms with E-state index < -0.39 is 0 Å². The zero-order chi connectivity index (χ0) is 18.1. The number of benzene rings is 1. The Morgan fingerprint density at radius 1 is 1.38 bits per heavy atom. The molecule has 4 rings (SSSR count). The maximum Gasteiger partial charge on any atom is 0.232 e. The van der Waals surface area contributed by atoms with E-state index in [-0.39, 0.29) is 11.8 Å². The van der Waals surface area contributed by atoms with Crippen LogP contribution in [0.4, 0.5) is 0 Å². The number of carbonyl (C=O) groups is 1. The normalized spacial score (nSPS) is 22.9.